The third-order valence-electron chi connectivity index (χ3n) is 2.16. The van der Waals surface area contributed by atoms with Crippen molar-refractivity contribution in [2.24, 2.45) is 0 Å². The molecule has 0 aliphatic rings. The zero-order chi connectivity index (χ0) is 12.4. The van der Waals surface area contributed by atoms with Crippen molar-refractivity contribution in [3.8, 4) is 0 Å². The fraction of sp³-hybridized carbons (Fsp3) is 0.0909. The van der Waals surface area contributed by atoms with Crippen molar-refractivity contribution in [3.05, 3.63) is 39.3 Å². The Labute approximate surface area is 110 Å². The van der Waals surface area contributed by atoms with Crippen LogP contribution in [0, 0.1) is 6.92 Å². The molecule has 6 heteroatoms. The molecule has 2 N–H and O–H groups in total. The minimum atomic E-state index is -0.957. The van der Waals surface area contributed by atoms with Gasteiger partial charge in [-0.2, -0.15) is 0 Å². The van der Waals surface area contributed by atoms with E-state index in [-0.39, 0.29) is 4.88 Å². The topological polar surface area (TPSA) is 62.2 Å². The van der Waals surface area contributed by atoms with E-state index in [9.17, 15) is 4.79 Å². The van der Waals surface area contributed by atoms with Gasteiger partial charge >= 0.3 is 5.97 Å². The van der Waals surface area contributed by atoms with E-state index >= 15 is 0 Å². The van der Waals surface area contributed by atoms with Gasteiger partial charge in [0.15, 0.2) is 5.13 Å². The summed E-state index contributed by atoms with van der Waals surface area (Å²) < 4.78 is 0.959. The fourth-order valence-electron chi connectivity index (χ4n) is 1.27. The number of aromatic nitrogens is 1. The molecule has 0 fully saturated rings. The molecule has 2 rings (SSSR count). The first kappa shape index (κ1) is 12.1. The Bertz CT molecular complexity index is 568. The normalized spacial score (nSPS) is 10.2. The van der Waals surface area contributed by atoms with E-state index in [1.54, 1.807) is 0 Å². The molecule has 0 saturated heterocycles. The quantitative estimate of drug-likeness (QED) is 0.908. The smallest absolute Gasteiger partial charge is 0.347 e. The summed E-state index contributed by atoms with van der Waals surface area (Å²) in [5.41, 5.74) is 1.98. The molecule has 0 amide bonds. The van der Waals surface area contributed by atoms with Crippen molar-refractivity contribution in [3.63, 3.8) is 0 Å². The number of rotatable bonds is 3. The number of aromatic carboxylic acids is 1. The zero-order valence-corrected chi connectivity index (χ0v) is 11.3. The number of aryl methyl sites for hydroxylation is 1. The van der Waals surface area contributed by atoms with Crippen LogP contribution in [0.1, 0.15) is 15.2 Å². The summed E-state index contributed by atoms with van der Waals surface area (Å²) in [6, 6.07) is 5.85. The first-order valence-electron chi connectivity index (χ1n) is 4.78. The molecule has 1 aromatic carbocycles. The van der Waals surface area contributed by atoms with E-state index in [1.165, 1.54) is 6.20 Å². The van der Waals surface area contributed by atoms with Gasteiger partial charge in [-0.15, -0.1) is 0 Å². The highest BCUT2D eigenvalue weighted by Gasteiger charge is 2.09. The monoisotopic (exact) mass is 312 g/mol. The number of nitrogens with one attached hydrogen (secondary N) is 1. The lowest BCUT2D eigenvalue weighted by atomic mass is 10.2. The van der Waals surface area contributed by atoms with Crippen LogP contribution in [0.5, 0.6) is 0 Å². The number of thiazole rings is 1. The number of carboxylic acids is 1. The van der Waals surface area contributed by atoms with Gasteiger partial charge in [-0.3, -0.25) is 0 Å². The van der Waals surface area contributed by atoms with E-state index in [2.05, 4.69) is 26.2 Å². The van der Waals surface area contributed by atoms with E-state index in [0.29, 0.717) is 5.13 Å². The number of anilines is 2. The maximum atomic E-state index is 10.7. The van der Waals surface area contributed by atoms with Crippen LogP contribution >= 0.6 is 27.3 Å². The highest BCUT2D eigenvalue weighted by molar-refractivity contribution is 9.10. The van der Waals surface area contributed by atoms with E-state index in [4.69, 9.17) is 5.11 Å². The van der Waals surface area contributed by atoms with Gasteiger partial charge in [-0.05, 0) is 24.6 Å². The highest BCUT2D eigenvalue weighted by atomic mass is 79.9. The standard InChI is InChI=1S/C11H9BrN2O2S/c1-6-2-3-7(12)4-8(6)14-11-13-5-9(17-11)10(15)16/h2-5H,1H3,(H,13,14)(H,15,16). The molecular weight excluding hydrogens is 304 g/mol. The van der Waals surface area contributed by atoms with Crippen LogP contribution in [0.15, 0.2) is 28.9 Å². The van der Waals surface area contributed by atoms with Crippen LogP contribution in [0.25, 0.3) is 0 Å². The van der Waals surface area contributed by atoms with E-state index < -0.39 is 5.97 Å². The minimum absolute atomic E-state index is 0.222. The van der Waals surface area contributed by atoms with Crippen LogP contribution in [0.4, 0.5) is 10.8 Å². The van der Waals surface area contributed by atoms with Gasteiger partial charge in [-0.1, -0.05) is 33.3 Å². The van der Waals surface area contributed by atoms with Crippen LogP contribution in [0.3, 0.4) is 0 Å². The molecule has 0 unspecified atom stereocenters. The molecule has 4 nitrogen and oxygen atoms in total. The number of carboxylic acid groups (broad SMARTS) is 1. The molecule has 17 heavy (non-hydrogen) atoms. The first-order valence-corrected chi connectivity index (χ1v) is 6.39. The fourth-order valence-corrected chi connectivity index (χ4v) is 2.30. The van der Waals surface area contributed by atoms with Crippen molar-refractivity contribution >= 4 is 44.1 Å². The van der Waals surface area contributed by atoms with Gasteiger partial charge in [0.25, 0.3) is 0 Å². The molecule has 0 atom stereocenters. The summed E-state index contributed by atoms with van der Waals surface area (Å²) in [5.74, 6) is -0.957. The minimum Gasteiger partial charge on any atom is -0.477 e. The van der Waals surface area contributed by atoms with Gasteiger partial charge in [0.2, 0.25) is 0 Å². The van der Waals surface area contributed by atoms with Crippen LogP contribution in [-0.4, -0.2) is 16.1 Å². The molecule has 0 radical (unpaired) electrons. The number of hydrogen-bond acceptors (Lipinski definition) is 4. The molecule has 0 aliphatic heterocycles. The van der Waals surface area contributed by atoms with Crippen molar-refractivity contribution in [2.75, 3.05) is 5.32 Å². The lowest BCUT2D eigenvalue weighted by molar-refractivity contribution is 0.0702. The largest absolute Gasteiger partial charge is 0.477 e. The average molecular weight is 313 g/mol. The van der Waals surface area contributed by atoms with Crippen LogP contribution in [-0.2, 0) is 0 Å². The predicted octanol–water partition coefficient (Wildman–Crippen LogP) is 3.66. The zero-order valence-electron chi connectivity index (χ0n) is 8.90. The maximum absolute atomic E-state index is 10.7. The Morgan fingerprint density at radius 1 is 1.53 bits per heavy atom. The van der Waals surface area contributed by atoms with Gasteiger partial charge in [-0.25, -0.2) is 9.78 Å². The van der Waals surface area contributed by atoms with Crippen molar-refractivity contribution < 1.29 is 9.90 Å². The van der Waals surface area contributed by atoms with E-state index in [1.807, 2.05) is 25.1 Å². The van der Waals surface area contributed by atoms with Crippen molar-refractivity contribution in [1.82, 2.24) is 4.98 Å². The molecular formula is C11H9BrN2O2S. The Hall–Kier alpha value is -1.40. The summed E-state index contributed by atoms with van der Waals surface area (Å²) in [5, 5.41) is 12.5. The van der Waals surface area contributed by atoms with Gasteiger partial charge in [0.1, 0.15) is 4.88 Å². The second kappa shape index (κ2) is 4.85. The number of carbonyl (C=O) groups is 1. The highest BCUT2D eigenvalue weighted by Crippen LogP contribution is 2.27. The van der Waals surface area contributed by atoms with Gasteiger partial charge in [0, 0.05) is 10.2 Å². The maximum Gasteiger partial charge on any atom is 0.347 e. The SMILES string of the molecule is Cc1ccc(Br)cc1Nc1ncc(C(=O)O)s1. The summed E-state index contributed by atoms with van der Waals surface area (Å²) in [6.45, 7) is 1.97. The summed E-state index contributed by atoms with van der Waals surface area (Å²) in [7, 11) is 0. The molecule has 1 heterocycles. The molecule has 1 aromatic heterocycles. The Morgan fingerprint density at radius 2 is 2.29 bits per heavy atom. The lowest BCUT2D eigenvalue weighted by Gasteiger charge is -2.06. The molecule has 0 aliphatic carbocycles. The lowest BCUT2D eigenvalue weighted by Crippen LogP contribution is -1.92. The van der Waals surface area contributed by atoms with E-state index in [0.717, 1.165) is 27.1 Å². The second-order valence-electron chi connectivity index (χ2n) is 3.42. The van der Waals surface area contributed by atoms with Crippen LogP contribution < -0.4 is 5.32 Å². The third kappa shape index (κ3) is 2.83. The second-order valence-corrected chi connectivity index (χ2v) is 5.37. The average Bonchev–Trinajstić information content (AvgIpc) is 2.72. The third-order valence-corrected chi connectivity index (χ3v) is 3.55. The number of hydrogen-bond donors (Lipinski definition) is 2. The first-order chi connectivity index (χ1) is 8.06. The number of nitrogens with zero attached hydrogens (tertiary/aromatic N) is 1. The molecule has 2 aromatic rings. The number of halogens is 1. The van der Waals surface area contributed by atoms with Crippen molar-refractivity contribution in [1.29, 1.82) is 0 Å². The molecule has 0 saturated carbocycles. The molecule has 0 bridgehead atoms. The summed E-state index contributed by atoms with van der Waals surface area (Å²) >= 11 is 4.50. The van der Waals surface area contributed by atoms with Crippen molar-refractivity contribution in [2.45, 2.75) is 6.92 Å². The Morgan fingerprint density at radius 3 is 2.94 bits per heavy atom. The molecule has 0 spiro atoms. The predicted molar refractivity (Wildman–Crippen MR) is 71.2 cm³/mol. The Kier molecular flexibility index (Phi) is 3.44. The number of benzene rings is 1. The van der Waals surface area contributed by atoms with Gasteiger partial charge in [0.05, 0.1) is 6.20 Å². The molecule has 88 valence electrons. The van der Waals surface area contributed by atoms with Gasteiger partial charge < -0.3 is 10.4 Å². The Balaban J connectivity index is 2.25. The summed E-state index contributed by atoms with van der Waals surface area (Å²) in [4.78, 5) is 15.0. The summed E-state index contributed by atoms with van der Waals surface area (Å²) in [6.07, 6.45) is 1.35. The van der Waals surface area contributed by atoms with Crippen LogP contribution in [0.2, 0.25) is 0 Å².